The van der Waals surface area contributed by atoms with Crippen LogP contribution in [0.25, 0.3) is 0 Å². The molecule has 1 spiro atoms. The van der Waals surface area contributed by atoms with Crippen molar-refractivity contribution in [2.24, 2.45) is 45.3 Å². The van der Waals surface area contributed by atoms with Crippen molar-refractivity contribution in [2.45, 2.75) is 148 Å². The zero-order chi connectivity index (χ0) is 33.7. The Morgan fingerprint density at radius 3 is 2.35 bits per heavy atom. The molecule has 6 aliphatic rings. The fraction of sp³-hybridized carbons (Fsp3) is 0.892. The van der Waals surface area contributed by atoms with Crippen LogP contribution >= 0.6 is 0 Å². The molecule has 0 unspecified atom stereocenters. The van der Waals surface area contributed by atoms with Gasteiger partial charge >= 0.3 is 0 Å². The minimum Gasteiger partial charge on any atom is -0.394 e. The van der Waals surface area contributed by atoms with Crippen molar-refractivity contribution in [1.82, 2.24) is 0 Å². The Hall–Kier alpha value is -0.880. The predicted molar refractivity (Wildman–Crippen MR) is 172 cm³/mol. The second-order valence-electron chi connectivity index (χ2n) is 17.4. The van der Waals surface area contributed by atoms with Gasteiger partial charge in [-0.1, -0.05) is 58.9 Å². The Morgan fingerprint density at radius 2 is 1.70 bits per heavy atom. The number of allylic oxidation sites excluding steroid dienone is 2. The second-order valence-corrected chi connectivity index (χ2v) is 17.4. The van der Waals surface area contributed by atoms with Crippen LogP contribution in [-0.4, -0.2) is 93.6 Å². The quantitative estimate of drug-likeness (QED) is 0.247. The van der Waals surface area contributed by atoms with Gasteiger partial charge in [0, 0.05) is 23.9 Å². The van der Waals surface area contributed by atoms with E-state index in [1.807, 2.05) is 19.9 Å². The van der Waals surface area contributed by atoms with Crippen LogP contribution in [-0.2, 0) is 18.9 Å². The molecule has 2 heterocycles. The first kappa shape index (κ1) is 35.0. The number of hydrogen-bond donors (Lipinski definition) is 5. The highest BCUT2D eigenvalue weighted by Gasteiger charge is 2.78. The first-order valence-electron chi connectivity index (χ1n) is 17.7. The fourth-order valence-corrected chi connectivity index (χ4v) is 11.8. The molecule has 5 fully saturated rings. The van der Waals surface area contributed by atoms with E-state index in [1.54, 1.807) is 7.11 Å². The molecule has 5 N–H and O–H groups in total. The third-order valence-electron chi connectivity index (χ3n) is 14.5. The maximum atomic E-state index is 10.8. The summed E-state index contributed by atoms with van der Waals surface area (Å²) in [5, 5.41) is 51.5. The molecule has 2 saturated heterocycles. The Balaban J connectivity index is 1.30. The van der Waals surface area contributed by atoms with Crippen LogP contribution in [0.2, 0.25) is 0 Å². The van der Waals surface area contributed by atoms with Gasteiger partial charge in [0.15, 0.2) is 12.6 Å². The maximum absolute atomic E-state index is 10.8. The van der Waals surface area contributed by atoms with E-state index in [9.17, 15) is 25.5 Å². The van der Waals surface area contributed by atoms with Gasteiger partial charge in [-0.25, -0.2) is 0 Å². The van der Waals surface area contributed by atoms with Crippen molar-refractivity contribution < 1.29 is 44.5 Å². The maximum Gasteiger partial charge on any atom is 0.186 e. The molecule has 9 nitrogen and oxygen atoms in total. The van der Waals surface area contributed by atoms with Crippen molar-refractivity contribution in [3.8, 4) is 0 Å². The molecule has 9 heteroatoms. The summed E-state index contributed by atoms with van der Waals surface area (Å²) in [6, 6.07) is 0. The van der Waals surface area contributed by atoms with E-state index in [1.165, 1.54) is 6.42 Å². The lowest BCUT2D eigenvalue weighted by Crippen LogP contribution is -2.66. The Labute approximate surface area is 275 Å². The molecular weight excluding hydrogens is 588 g/mol. The average molecular weight is 649 g/mol. The molecule has 0 radical (unpaired) electrons. The number of ether oxygens (including phenoxy) is 4. The molecule has 0 aromatic rings. The Kier molecular flexibility index (Phi) is 8.81. The highest BCUT2D eigenvalue weighted by molar-refractivity contribution is 5.34. The van der Waals surface area contributed by atoms with E-state index in [0.717, 1.165) is 38.5 Å². The van der Waals surface area contributed by atoms with Crippen LogP contribution in [0.15, 0.2) is 24.3 Å². The molecule has 15 atom stereocenters. The molecule has 6 rings (SSSR count). The summed E-state index contributed by atoms with van der Waals surface area (Å²) < 4.78 is 25.7. The average Bonchev–Trinajstić information content (AvgIpc) is 3.36. The van der Waals surface area contributed by atoms with Crippen molar-refractivity contribution in [2.75, 3.05) is 13.7 Å². The van der Waals surface area contributed by atoms with Crippen LogP contribution < -0.4 is 0 Å². The summed E-state index contributed by atoms with van der Waals surface area (Å²) in [5.41, 5.74) is -1.94. The first-order valence-corrected chi connectivity index (χ1v) is 17.7. The summed E-state index contributed by atoms with van der Waals surface area (Å²) in [5.74, 6) is 1.62. The number of aliphatic hydroxyl groups excluding tert-OH is 4. The summed E-state index contributed by atoms with van der Waals surface area (Å²) in [6.45, 7) is 14.9. The predicted octanol–water partition coefficient (Wildman–Crippen LogP) is 4.09. The standard InChI is InChI=1S/C37H60O9/c1-21(10-9-15-32(2,3)42)22-13-16-35(7)24-14-17-37-25(36(24,31(43-8)46-37)19-18-34(22,35)6)11-12-26(33(37,4)5)45-30-29(41)28(40)27(39)23(20-38)44-30/h9,14-15,17,21-31,38-42H,10-13,16,18-20H2,1-8H3/t21-,22+,23-,24+,25+,26+,27-,28-,29-,30+,31-,34-,35+,36+,37-/m1/s1. The van der Waals surface area contributed by atoms with Gasteiger partial charge in [0.2, 0.25) is 0 Å². The SMILES string of the molecule is CO[C@@H]1O[C@]23C=C[C@@H]4[C@@]1(CC[C@]1(C)[C@H]([C@H](C)CC=CC(C)(C)O)CC[C@@]41C)[C@@H]2CC[C@H](O[C@@H]1O[C@H](CO)[C@@H](O)[C@@H](O)[C@H]1O)C3(C)C. The summed E-state index contributed by atoms with van der Waals surface area (Å²) in [6.07, 6.45) is 8.60. The van der Waals surface area contributed by atoms with Crippen LogP contribution in [0.4, 0.5) is 0 Å². The van der Waals surface area contributed by atoms with Crippen molar-refractivity contribution in [3.63, 3.8) is 0 Å². The molecule has 0 aromatic heterocycles. The van der Waals surface area contributed by atoms with Crippen molar-refractivity contribution in [3.05, 3.63) is 24.3 Å². The highest BCUT2D eigenvalue weighted by Crippen LogP contribution is 2.79. The zero-order valence-electron chi connectivity index (χ0n) is 29.2. The van der Waals surface area contributed by atoms with E-state index in [4.69, 9.17) is 18.9 Å². The third-order valence-corrected chi connectivity index (χ3v) is 14.5. The molecular formula is C37H60O9. The van der Waals surface area contributed by atoms with Crippen LogP contribution in [0, 0.1) is 45.3 Å². The number of aliphatic hydroxyl groups is 5. The number of fused-ring (bicyclic) bond motifs is 2. The highest BCUT2D eigenvalue weighted by atomic mass is 16.7. The van der Waals surface area contributed by atoms with E-state index < -0.39 is 53.9 Å². The fourth-order valence-electron chi connectivity index (χ4n) is 11.8. The van der Waals surface area contributed by atoms with E-state index >= 15 is 0 Å². The summed E-state index contributed by atoms with van der Waals surface area (Å²) >= 11 is 0. The molecule has 0 aromatic carbocycles. The van der Waals surface area contributed by atoms with Crippen molar-refractivity contribution in [1.29, 1.82) is 0 Å². The zero-order valence-corrected chi connectivity index (χ0v) is 29.2. The summed E-state index contributed by atoms with van der Waals surface area (Å²) in [4.78, 5) is 0. The van der Waals surface area contributed by atoms with E-state index in [2.05, 4.69) is 52.8 Å². The van der Waals surface area contributed by atoms with Crippen molar-refractivity contribution >= 4 is 0 Å². The van der Waals surface area contributed by atoms with Gasteiger partial charge in [-0.05, 0) is 87.4 Å². The van der Waals surface area contributed by atoms with Crippen LogP contribution in [0.5, 0.6) is 0 Å². The van der Waals surface area contributed by atoms with Gasteiger partial charge in [0.25, 0.3) is 0 Å². The first-order chi connectivity index (χ1) is 21.4. The number of hydrogen-bond acceptors (Lipinski definition) is 9. The number of methoxy groups -OCH3 is 1. The molecule has 262 valence electrons. The van der Waals surface area contributed by atoms with Crippen LogP contribution in [0.3, 0.4) is 0 Å². The topological polar surface area (TPSA) is 138 Å². The Morgan fingerprint density at radius 1 is 0.978 bits per heavy atom. The van der Waals surface area contributed by atoms with Crippen LogP contribution in [0.1, 0.15) is 93.4 Å². The lowest BCUT2D eigenvalue weighted by Gasteiger charge is -2.65. The molecule has 46 heavy (non-hydrogen) atoms. The molecule has 2 aliphatic heterocycles. The lowest BCUT2D eigenvalue weighted by molar-refractivity contribution is -0.331. The lowest BCUT2D eigenvalue weighted by atomic mass is 9.38. The normalized spacial score (nSPS) is 51.9. The summed E-state index contributed by atoms with van der Waals surface area (Å²) in [7, 11) is 1.78. The molecule has 4 aliphatic carbocycles. The van der Waals surface area contributed by atoms with E-state index in [-0.39, 0.29) is 34.6 Å². The van der Waals surface area contributed by atoms with Gasteiger partial charge in [-0.3, -0.25) is 0 Å². The van der Waals surface area contributed by atoms with Gasteiger partial charge in [0.05, 0.1) is 18.3 Å². The van der Waals surface area contributed by atoms with Gasteiger partial charge in [0.1, 0.15) is 30.0 Å². The molecule has 0 amide bonds. The minimum atomic E-state index is -1.49. The smallest absolute Gasteiger partial charge is 0.186 e. The van der Waals surface area contributed by atoms with Gasteiger partial charge < -0.3 is 44.5 Å². The van der Waals surface area contributed by atoms with Gasteiger partial charge in [-0.15, -0.1) is 0 Å². The monoisotopic (exact) mass is 648 g/mol. The van der Waals surface area contributed by atoms with Gasteiger partial charge in [-0.2, -0.15) is 0 Å². The number of rotatable bonds is 8. The molecule has 2 bridgehead atoms. The third kappa shape index (κ3) is 4.73. The molecule has 3 saturated carbocycles. The second kappa shape index (κ2) is 11.6. The minimum absolute atomic E-state index is 0.0745. The Bertz CT molecular complexity index is 1190. The van der Waals surface area contributed by atoms with E-state index in [0.29, 0.717) is 17.8 Å². The largest absolute Gasteiger partial charge is 0.394 e.